The molecular weight excluding hydrogens is 373 g/mol. The van der Waals surface area contributed by atoms with Crippen molar-refractivity contribution in [1.29, 1.82) is 0 Å². The number of hydrogen-bond acceptors (Lipinski definition) is 4. The first-order valence-corrected chi connectivity index (χ1v) is 9.13. The van der Waals surface area contributed by atoms with Crippen molar-refractivity contribution in [2.45, 2.75) is 46.1 Å². The Morgan fingerprint density at radius 2 is 2.11 bits per heavy atom. The van der Waals surface area contributed by atoms with Gasteiger partial charge in [0.25, 0.3) is 5.91 Å². The predicted molar refractivity (Wildman–Crippen MR) is 98.6 cm³/mol. The summed E-state index contributed by atoms with van der Waals surface area (Å²) in [6, 6.07) is 5.78. The number of alkyl halides is 3. The van der Waals surface area contributed by atoms with E-state index in [0.717, 1.165) is 5.69 Å². The molecule has 1 saturated heterocycles. The molecule has 1 unspecified atom stereocenters. The van der Waals surface area contributed by atoms with Gasteiger partial charge in [0.1, 0.15) is 5.75 Å². The summed E-state index contributed by atoms with van der Waals surface area (Å²) in [5, 5.41) is 7.39. The van der Waals surface area contributed by atoms with Crippen molar-refractivity contribution in [3.8, 4) is 5.75 Å². The molecule has 28 heavy (non-hydrogen) atoms. The fraction of sp³-hybridized carbons (Fsp3) is 0.474. The van der Waals surface area contributed by atoms with Crippen LogP contribution in [-0.2, 0) is 6.54 Å². The smallest absolute Gasteiger partial charge is 0.406 e. The number of nitrogens with one attached hydrogen (secondary N) is 1. The van der Waals surface area contributed by atoms with E-state index >= 15 is 0 Å². The first-order valence-electron chi connectivity index (χ1n) is 9.13. The van der Waals surface area contributed by atoms with Crippen LogP contribution in [0.15, 0.2) is 24.3 Å². The molecule has 0 bridgehead atoms. The summed E-state index contributed by atoms with van der Waals surface area (Å²) in [5.41, 5.74) is 2.72. The molecule has 1 aromatic heterocycles. The van der Waals surface area contributed by atoms with E-state index in [4.69, 9.17) is 0 Å². The van der Waals surface area contributed by atoms with Crippen LogP contribution in [0.25, 0.3) is 0 Å². The lowest BCUT2D eigenvalue weighted by atomic mass is 10.1. The van der Waals surface area contributed by atoms with E-state index < -0.39 is 6.36 Å². The van der Waals surface area contributed by atoms with Crippen molar-refractivity contribution in [2.75, 3.05) is 18.0 Å². The lowest BCUT2D eigenvalue weighted by molar-refractivity contribution is -0.274. The van der Waals surface area contributed by atoms with Gasteiger partial charge in [-0.2, -0.15) is 5.10 Å². The average molecular weight is 396 g/mol. The van der Waals surface area contributed by atoms with Gasteiger partial charge < -0.3 is 15.0 Å². The number of benzene rings is 1. The number of halogens is 3. The summed E-state index contributed by atoms with van der Waals surface area (Å²) in [4.78, 5) is 14.6. The molecule has 152 valence electrons. The summed E-state index contributed by atoms with van der Waals surface area (Å²) in [5.74, 6) is -0.425. The largest absolute Gasteiger partial charge is 0.573 e. The zero-order chi connectivity index (χ0) is 20.5. The second-order valence-electron chi connectivity index (χ2n) is 6.81. The Labute approximate surface area is 161 Å². The molecule has 0 aliphatic carbocycles. The molecule has 1 aliphatic heterocycles. The van der Waals surface area contributed by atoms with Gasteiger partial charge in [-0.05, 0) is 39.3 Å². The number of amides is 1. The maximum atomic E-state index is 12.7. The molecule has 0 saturated carbocycles. The van der Waals surface area contributed by atoms with Crippen LogP contribution in [0.5, 0.6) is 5.75 Å². The molecule has 1 atom stereocenters. The molecule has 9 heteroatoms. The fourth-order valence-electron chi connectivity index (χ4n) is 3.58. The molecule has 2 heterocycles. The van der Waals surface area contributed by atoms with E-state index in [0.29, 0.717) is 43.0 Å². The molecule has 2 aromatic rings. The predicted octanol–water partition coefficient (Wildman–Crippen LogP) is 3.43. The van der Waals surface area contributed by atoms with E-state index in [1.54, 1.807) is 17.7 Å². The monoisotopic (exact) mass is 396 g/mol. The quantitative estimate of drug-likeness (QED) is 0.841. The Bertz CT molecular complexity index is 863. The van der Waals surface area contributed by atoms with Gasteiger partial charge >= 0.3 is 6.36 Å². The highest BCUT2D eigenvalue weighted by atomic mass is 19.4. The first kappa shape index (κ1) is 20.0. The molecule has 6 nitrogen and oxygen atoms in total. The van der Waals surface area contributed by atoms with Crippen LogP contribution in [0.4, 0.5) is 18.9 Å². The van der Waals surface area contributed by atoms with Crippen LogP contribution in [0.2, 0.25) is 0 Å². The van der Waals surface area contributed by atoms with E-state index in [-0.39, 0.29) is 17.7 Å². The van der Waals surface area contributed by atoms with Crippen LogP contribution in [-0.4, -0.2) is 41.2 Å². The Kier molecular flexibility index (Phi) is 5.53. The van der Waals surface area contributed by atoms with Gasteiger partial charge in [-0.25, -0.2) is 0 Å². The minimum atomic E-state index is -4.72. The van der Waals surface area contributed by atoms with Gasteiger partial charge in [0.15, 0.2) is 0 Å². The summed E-state index contributed by atoms with van der Waals surface area (Å²) >= 11 is 0. The van der Waals surface area contributed by atoms with Gasteiger partial charge in [-0.1, -0.05) is 6.07 Å². The molecule has 0 radical (unpaired) electrons. The molecule has 1 aromatic carbocycles. The van der Waals surface area contributed by atoms with Gasteiger partial charge in [-0.3, -0.25) is 9.48 Å². The standard InChI is InChI=1S/C19H23F3N4O2/c1-4-26-13(3)17(12(2)24-26)18(27)23-14-8-9-25(11-14)15-6-5-7-16(10-15)28-19(20,21)22/h5-7,10,14H,4,8-9,11H2,1-3H3,(H,23,27). The number of rotatable bonds is 5. The third kappa shape index (κ3) is 4.40. The van der Waals surface area contributed by atoms with E-state index in [2.05, 4.69) is 15.2 Å². The number of carbonyl (C=O) groups excluding carboxylic acids is 1. The Balaban J connectivity index is 1.65. The van der Waals surface area contributed by atoms with Crippen molar-refractivity contribution in [3.05, 3.63) is 41.2 Å². The van der Waals surface area contributed by atoms with Gasteiger partial charge in [0, 0.05) is 43.1 Å². The highest BCUT2D eigenvalue weighted by Crippen LogP contribution is 2.28. The molecule has 3 rings (SSSR count). The summed E-state index contributed by atoms with van der Waals surface area (Å²) in [6.07, 6.45) is -4.02. The zero-order valence-electron chi connectivity index (χ0n) is 16.0. The maximum absolute atomic E-state index is 12.7. The third-order valence-electron chi connectivity index (χ3n) is 4.85. The topological polar surface area (TPSA) is 59.4 Å². The SMILES string of the molecule is CCn1nc(C)c(C(=O)NC2CCN(c3cccc(OC(F)(F)F)c3)C2)c1C. The number of anilines is 1. The Morgan fingerprint density at radius 3 is 2.75 bits per heavy atom. The van der Waals surface area contributed by atoms with E-state index in [1.165, 1.54) is 18.2 Å². The van der Waals surface area contributed by atoms with Crippen molar-refractivity contribution < 1.29 is 22.7 Å². The van der Waals surface area contributed by atoms with Crippen molar-refractivity contribution in [2.24, 2.45) is 0 Å². The average Bonchev–Trinajstić information content (AvgIpc) is 3.17. The maximum Gasteiger partial charge on any atom is 0.573 e. The van der Waals surface area contributed by atoms with E-state index in [1.807, 2.05) is 18.7 Å². The Hall–Kier alpha value is -2.71. The number of ether oxygens (including phenoxy) is 1. The van der Waals surface area contributed by atoms with Crippen molar-refractivity contribution >= 4 is 11.6 Å². The van der Waals surface area contributed by atoms with Crippen LogP contribution < -0.4 is 15.0 Å². The van der Waals surface area contributed by atoms with Gasteiger partial charge in [-0.15, -0.1) is 13.2 Å². The van der Waals surface area contributed by atoms with E-state index in [9.17, 15) is 18.0 Å². The second-order valence-corrected chi connectivity index (χ2v) is 6.81. The number of nitrogens with zero attached hydrogens (tertiary/aromatic N) is 3. The normalized spacial score (nSPS) is 17.1. The second kappa shape index (κ2) is 7.73. The molecule has 1 N–H and O–H groups in total. The van der Waals surface area contributed by atoms with Gasteiger partial charge in [0.05, 0.1) is 11.3 Å². The molecule has 1 amide bonds. The van der Waals surface area contributed by atoms with Crippen molar-refractivity contribution in [1.82, 2.24) is 15.1 Å². The molecular formula is C19H23F3N4O2. The zero-order valence-corrected chi connectivity index (χ0v) is 16.0. The summed E-state index contributed by atoms with van der Waals surface area (Å²) < 4.78 is 43.0. The first-order chi connectivity index (χ1) is 13.2. The minimum absolute atomic E-state index is 0.0940. The minimum Gasteiger partial charge on any atom is -0.406 e. The molecule has 1 aliphatic rings. The Morgan fingerprint density at radius 1 is 1.36 bits per heavy atom. The number of hydrogen-bond donors (Lipinski definition) is 1. The number of aromatic nitrogens is 2. The molecule has 1 fully saturated rings. The van der Waals surface area contributed by atoms with Crippen LogP contribution in [0, 0.1) is 13.8 Å². The van der Waals surface area contributed by atoms with Crippen molar-refractivity contribution in [3.63, 3.8) is 0 Å². The highest BCUT2D eigenvalue weighted by Gasteiger charge is 2.32. The highest BCUT2D eigenvalue weighted by molar-refractivity contribution is 5.96. The van der Waals surface area contributed by atoms with Crippen LogP contribution in [0.1, 0.15) is 35.1 Å². The fourth-order valence-corrected chi connectivity index (χ4v) is 3.58. The van der Waals surface area contributed by atoms with Gasteiger partial charge in [0.2, 0.25) is 0 Å². The summed E-state index contributed by atoms with van der Waals surface area (Å²) in [7, 11) is 0. The van der Waals surface area contributed by atoms with Crippen LogP contribution in [0.3, 0.4) is 0 Å². The summed E-state index contributed by atoms with van der Waals surface area (Å²) in [6.45, 7) is 7.47. The lowest BCUT2D eigenvalue weighted by Gasteiger charge is -2.20. The number of aryl methyl sites for hydroxylation is 2. The lowest BCUT2D eigenvalue weighted by Crippen LogP contribution is -2.37. The van der Waals surface area contributed by atoms with Crippen LogP contribution >= 0.6 is 0 Å². The molecule has 0 spiro atoms. The third-order valence-corrected chi connectivity index (χ3v) is 4.85. The number of carbonyl (C=O) groups is 1.